The Morgan fingerprint density at radius 2 is 1.87 bits per heavy atom. The predicted molar refractivity (Wildman–Crippen MR) is 106 cm³/mol. The molecule has 6 nitrogen and oxygen atoms in total. The fourth-order valence-electron chi connectivity index (χ4n) is 3.98. The molecule has 0 saturated heterocycles. The maximum absolute atomic E-state index is 13.1. The highest BCUT2D eigenvalue weighted by Crippen LogP contribution is 2.34. The first kappa shape index (κ1) is 21.5. The zero-order chi connectivity index (χ0) is 22.2. The Morgan fingerprint density at radius 3 is 2.58 bits per heavy atom. The number of nitrogens with zero attached hydrogens (tertiary/aromatic N) is 2. The van der Waals surface area contributed by atoms with Crippen molar-refractivity contribution < 1.29 is 27.4 Å². The van der Waals surface area contributed by atoms with Crippen LogP contribution in [0, 0.1) is 0 Å². The summed E-state index contributed by atoms with van der Waals surface area (Å²) in [5, 5.41) is -0.578. The lowest BCUT2D eigenvalue weighted by atomic mass is 10.1. The van der Waals surface area contributed by atoms with Gasteiger partial charge in [-0.1, -0.05) is 30.5 Å². The minimum atomic E-state index is -4.68. The summed E-state index contributed by atoms with van der Waals surface area (Å²) in [6.45, 7) is -0.144. The van der Waals surface area contributed by atoms with E-state index in [9.17, 15) is 22.8 Å². The van der Waals surface area contributed by atoms with E-state index in [2.05, 4.69) is 0 Å². The van der Waals surface area contributed by atoms with Gasteiger partial charge in [-0.25, -0.2) is 0 Å². The Morgan fingerprint density at radius 1 is 1.16 bits per heavy atom. The highest BCUT2D eigenvalue weighted by molar-refractivity contribution is 6.30. The molecule has 1 aliphatic carbocycles. The standard InChI is InChI=1S/C21H20ClF3N2O4/c22-16-8-14(21(23,24)25)10-26(20(16)29)11-19(28)27(15-3-1-2-4-15)9-13-5-6-17-18(7-13)31-12-30-17/h5-8,10,15H,1-4,9,11-12H2. The van der Waals surface area contributed by atoms with Crippen molar-refractivity contribution in [1.29, 1.82) is 0 Å². The summed E-state index contributed by atoms with van der Waals surface area (Å²) in [6.07, 6.45) is -0.516. The topological polar surface area (TPSA) is 60.8 Å². The van der Waals surface area contributed by atoms with E-state index in [0.717, 1.165) is 35.8 Å². The molecular formula is C21H20ClF3N2O4. The molecule has 2 aliphatic rings. The molecule has 0 unspecified atom stereocenters. The number of rotatable bonds is 5. The number of carbonyl (C=O) groups is 1. The number of hydrogen-bond acceptors (Lipinski definition) is 4. The lowest BCUT2D eigenvalue weighted by molar-refractivity contribution is -0.139. The van der Waals surface area contributed by atoms with Gasteiger partial charge < -0.3 is 18.9 Å². The van der Waals surface area contributed by atoms with Crippen molar-refractivity contribution in [2.45, 2.75) is 51.0 Å². The van der Waals surface area contributed by atoms with Gasteiger partial charge >= 0.3 is 6.18 Å². The van der Waals surface area contributed by atoms with E-state index < -0.39 is 34.8 Å². The zero-order valence-corrected chi connectivity index (χ0v) is 17.2. The Balaban J connectivity index is 1.60. The van der Waals surface area contributed by atoms with Crippen molar-refractivity contribution in [3.63, 3.8) is 0 Å². The second-order valence-corrected chi connectivity index (χ2v) is 8.06. The molecule has 1 aliphatic heterocycles. The van der Waals surface area contributed by atoms with E-state index in [0.29, 0.717) is 23.8 Å². The summed E-state index contributed by atoms with van der Waals surface area (Å²) >= 11 is 5.72. The van der Waals surface area contributed by atoms with Crippen LogP contribution in [0.3, 0.4) is 0 Å². The maximum atomic E-state index is 13.1. The van der Waals surface area contributed by atoms with Crippen molar-refractivity contribution in [2.24, 2.45) is 0 Å². The largest absolute Gasteiger partial charge is 0.454 e. The van der Waals surface area contributed by atoms with Crippen LogP contribution in [0.25, 0.3) is 0 Å². The third-order valence-corrected chi connectivity index (χ3v) is 5.82. The first-order chi connectivity index (χ1) is 14.7. The number of aromatic nitrogens is 1. The molecule has 1 fully saturated rings. The average Bonchev–Trinajstić information content (AvgIpc) is 3.39. The molecule has 10 heteroatoms. The van der Waals surface area contributed by atoms with Crippen LogP contribution in [0.15, 0.2) is 35.3 Å². The van der Waals surface area contributed by atoms with Crippen molar-refractivity contribution in [2.75, 3.05) is 6.79 Å². The van der Waals surface area contributed by atoms with Crippen molar-refractivity contribution in [3.8, 4) is 11.5 Å². The highest BCUT2D eigenvalue weighted by Gasteiger charge is 2.33. The lowest BCUT2D eigenvalue weighted by Crippen LogP contribution is -2.41. The third kappa shape index (κ3) is 4.66. The molecular weight excluding hydrogens is 437 g/mol. The van der Waals surface area contributed by atoms with E-state index >= 15 is 0 Å². The molecule has 166 valence electrons. The molecule has 1 saturated carbocycles. The van der Waals surface area contributed by atoms with E-state index in [-0.39, 0.29) is 19.4 Å². The van der Waals surface area contributed by atoms with Gasteiger partial charge in [0, 0.05) is 18.8 Å². The number of fused-ring (bicyclic) bond motifs is 1. The molecule has 31 heavy (non-hydrogen) atoms. The van der Waals surface area contributed by atoms with Crippen LogP contribution in [-0.2, 0) is 24.1 Å². The van der Waals surface area contributed by atoms with Gasteiger partial charge in [0.2, 0.25) is 12.7 Å². The smallest absolute Gasteiger partial charge is 0.417 e. The van der Waals surface area contributed by atoms with Crippen LogP contribution in [0.5, 0.6) is 11.5 Å². The fraction of sp³-hybridized carbons (Fsp3) is 0.429. The van der Waals surface area contributed by atoms with Crippen molar-refractivity contribution >= 4 is 17.5 Å². The molecule has 1 amide bonds. The van der Waals surface area contributed by atoms with Gasteiger partial charge in [0.25, 0.3) is 5.56 Å². The van der Waals surface area contributed by atoms with Gasteiger partial charge in [-0.15, -0.1) is 0 Å². The second-order valence-electron chi connectivity index (χ2n) is 7.66. The van der Waals surface area contributed by atoms with Gasteiger partial charge in [-0.2, -0.15) is 13.2 Å². The summed E-state index contributed by atoms with van der Waals surface area (Å²) in [5.74, 6) is 0.756. The molecule has 0 N–H and O–H groups in total. The van der Waals surface area contributed by atoms with Crippen molar-refractivity contribution in [1.82, 2.24) is 9.47 Å². The molecule has 2 heterocycles. The van der Waals surface area contributed by atoms with Gasteiger partial charge in [-0.3, -0.25) is 9.59 Å². The van der Waals surface area contributed by atoms with Crippen LogP contribution in [-0.4, -0.2) is 28.2 Å². The van der Waals surface area contributed by atoms with Crippen LogP contribution in [0.4, 0.5) is 13.2 Å². The zero-order valence-electron chi connectivity index (χ0n) is 16.5. The molecule has 0 bridgehead atoms. The summed E-state index contributed by atoms with van der Waals surface area (Å²) in [6, 6.07) is 5.88. The number of halogens is 4. The quantitative estimate of drug-likeness (QED) is 0.676. The van der Waals surface area contributed by atoms with Gasteiger partial charge in [0.15, 0.2) is 11.5 Å². The Bertz CT molecular complexity index is 1050. The number of benzene rings is 1. The summed E-state index contributed by atoms with van der Waals surface area (Å²) < 4.78 is 50.8. The second kappa shape index (κ2) is 8.45. The highest BCUT2D eigenvalue weighted by atomic mass is 35.5. The van der Waals surface area contributed by atoms with E-state index in [1.807, 2.05) is 6.07 Å². The Kier molecular flexibility index (Phi) is 5.88. The van der Waals surface area contributed by atoms with Crippen LogP contribution >= 0.6 is 11.6 Å². The van der Waals surface area contributed by atoms with Crippen molar-refractivity contribution in [3.05, 3.63) is 57.0 Å². The number of alkyl halides is 3. The van der Waals surface area contributed by atoms with Crippen LogP contribution in [0.1, 0.15) is 36.8 Å². The number of pyridine rings is 1. The Labute approximate surface area is 181 Å². The van der Waals surface area contributed by atoms with Gasteiger partial charge in [0.05, 0.1) is 5.56 Å². The molecule has 2 aromatic rings. The minimum Gasteiger partial charge on any atom is -0.454 e. The van der Waals surface area contributed by atoms with E-state index in [1.165, 1.54) is 0 Å². The lowest BCUT2D eigenvalue weighted by Gasteiger charge is -2.29. The number of ether oxygens (including phenoxy) is 2. The first-order valence-corrected chi connectivity index (χ1v) is 10.3. The summed E-state index contributed by atoms with van der Waals surface area (Å²) in [4.78, 5) is 27.1. The summed E-state index contributed by atoms with van der Waals surface area (Å²) in [7, 11) is 0. The fourth-order valence-corrected chi connectivity index (χ4v) is 4.21. The number of carbonyl (C=O) groups excluding carboxylic acids is 1. The summed E-state index contributed by atoms with van der Waals surface area (Å²) in [5.41, 5.74) is -1.11. The average molecular weight is 457 g/mol. The molecule has 1 aromatic heterocycles. The van der Waals surface area contributed by atoms with E-state index in [4.69, 9.17) is 21.1 Å². The molecule has 0 spiro atoms. The molecule has 1 aromatic carbocycles. The first-order valence-electron chi connectivity index (χ1n) is 9.87. The normalized spacial score (nSPS) is 16.0. The van der Waals surface area contributed by atoms with Crippen LogP contribution < -0.4 is 15.0 Å². The molecule has 0 radical (unpaired) electrons. The molecule has 4 rings (SSSR count). The van der Waals surface area contributed by atoms with Gasteiger partial charge in [0.1, 0.15) is 11.6 Å². The van der Waals surface area contributed by atoms with Crippen LogP contribution in [0.2, 0.25) is 5.02 Å². The Hall–Kier alpha value is -2.68. The van der Waals surface area contributed by atoms with Gasteiger partial charge in [-0.05, 0) is 36.6 Å². The third-order valence-electron chi connectivity index (χ3n) is 5.55. The molecule has 0 atom stereocenters. The SMILES string of the molecule is O=C(Cn1cc(C(F)(F)F)cc(Cl)c1=O)N(Cc1ccc2c(c1)OCO2)C1CCCC1. The monoisotopic (exact) mass is 456 g/mol. The van der Waals surface area contributed by atoms with E-state index in [1.54, 1.807) is 17.0 Å². The maximum Gasteiger partial charge on any atom is 0.417 e. The predicted octanol–water partition coefficient (Wildman–Crippen LogP) is 4.22. The number of hydrogen-bond donors (Lipinski definition) is 0. The minimum absolute atomic E-state index is 0.0464. The number of amides is 1.